The highest BCUT2D eigenvalue weighted by molar-refractivity contribution is 5.81. The van der Waals surface area contributed by atoms with Crippen molar-refractivity contribution in [2.24, 2.45) is 14.1 Å². The van der Waals surface area contributed by atoms with Gasteiger partial charge in [0.15, 0.2) is 0 Å². The Kier molecular flexibility index (Phi) is 2.07. The van der Waals surface area contributed by atoms with E-state index in [1.54, 1.807) is 31.5 Å². The molecular formula is C12H11N3O3. The number of rotatable bonds is 1. The highest BCUT2D eigenvalue weighted by atomic mass is 16.3. The van der Waals surface area contributed by atoms with E-state index in [0.29, 0.717) is 22.5 Å². The van der Waals surface area contributed by atoms with E-state index in [0.717, 1.165) is 4.57 Å². The van der Waals surface area contributed by atoms with Crippen LogP contribution in [0.25, 0.3) is 22.5 Å². The van der Waals surface area contributed by atoms with E-state index in [2.05, 4.69) is 4.98 Å². The van der Waals surface area contributed by atoms with E-state index in [4.69, 9.17) is 4.42 Å². The van der Waals surface area contributed by atoms with Crippen LogP contribution in [0.2, 0.25) is 0 Å². The third kappa shape index (κ3) is 1.29. The van der Waals surface area contributed by atoms with Gasteiger partial charge in [0, 0.05) is 14.1 Å². The summed E-state index contributed by atoms with van der Waals surface area (Å²) in [6, 6.07) is 5.28. The topological polar surface area (TPSA) is 72.9 Å². The van der Waals surface area contributed by atoms with Gasteiger partial charge in [0.25, 0.3) is 5.56 Å². The molecule has 0 atom stereocenters. The monoisotopic (exact) mass is 245 g/mol. The van der Waals surface area contributed by atoms with E-state index in [1.807, 2.05) is 0 Å². The molecule has 92 valence electrons. The number of aromatic nitrogens is 3. The van der Waals surface area contributed by atoms with Gasteiger partial charge in [-0.3, -0.25) is 13.9 Å². The first-order valence-corrected chi connectivity index (χ1v) is 5.42. The molecule has 0 bridgehead atoms. The maximum absolute atomic E-state index is 12.0. The molecule has 0 fully saturated rings. The van der Waals surface area contributed by atoms with Crippen LogP contribution in [0.5, 0.6) is 0 Å². The lowest BCUT2D eigenvalue weighted by Gasteiger charge is -2.02. The smallest absolute Gasteiger partial charge is 0.331 e. The minimum atomic E-state index is -0.350. The first kappa shape index (κ1) is 10.6. The molecule has 0 aromatic carbocycles. The van der Waals surface area contributed by atoms with E-state index >= 15 is 0 Å². The number of fused-ring (bicyclic) bond motifs is 1. The van der Waals surface area contributed by atoms with Crippen molar-refractivity contribution < 1.29 is 4.42 Å². The van der Waals surface area contributed by atoms with Crippen LogP contribution in [0.15, 0.2) is 38.5 Å². The zero-order valence-corrected chi connectivity index (χ0v) is 9.93. The summed E-state index contributed by atoms with van der Waals surface area (Å²) in [4.78, 5) is 26.7. The Labute approximate surface area is 101 Å². The van der Waals surface area contributed by atoms with Crippen LogP contribution < -0.4 is 11.2 Å². The molecule has 0 amide bonds. The SMILES string of the molecule is Cn1c(=O)c2[nH]c(-c3ccco3)cc2n(C)c1=O. The molecule has 0 saturated carbocycles. The largest absolute Gasteiger partial charge is 0.463 e. The summed E-state index contributed by atoms with van der Waals surface area (Å²) in [5, 5.41) is 0. The summed E-state index contributed by atoms with van der Waals surface area (Å²) in [6.45, 7) is 0. The second-order valence-corrected chi connectivity index (χ2v) is 4.13. The molecule has 6 nitrogen and oxygen atoms in total. The molecule has 0 radical (unpaired) electrons. The number of hydrogen-bond acceptors (Lipinski definition) is 3. The van der Waals surface area contributed by atoms with Crippen molar-refractivity contribution in [3.8, 4) is 11.5 Å². The number of aromatic amines is 1. The predicted molar refractivity (Wildman–Crippen MR) is 66.5 cm³/mol. The van der Waals surface area contributed by atoms with Crippen molar-refractivity contribution in [2.75, 3.05) is 0 Å². The lowest BCUT2D eigenvalue weighted by molar-refractivity contribution is 0.580. The van der Waals surface area contributed by atoms with Gasteiger partial charge >= 0.3 is 5.69 Å². The highest BCUT2D eigenvalue weighted by Gasteiger charge is 2.13. The molecule has 0 aliphatic carbocycles. The van der Waals surface area contributed by atoms with Crippen LogP contribution >= 0.6 is 0 Å². The molecule has 0 aliphatic heterocycles. The minimum Gasteiger partial charge on any atom is -0.463 e. The predicted octanol–water partition coefficient (Wildman–Crippen LogP) is 0.825. The average molecular weight is 245 g/mol. The summed E-state index contributed by atoms with van der Waals surface area (Å²) < 4.78 is 7.77. The minimum absolute atomic E-state index is 0.342. The van der Waals surface area contributed by atoms with Crippen molar-refractivity contribution in [2.45, 2.75) is 0 Å². The van der Waals surface area contributed by atoms with Crippen molar-refractivity contribution >= 4 is 11.0 Å². The van der Waals surface area contributed by atoms with Gasteiger partial charge in [0.05, 0.1) is 17.5 Å². The number of hydrogen-bond donors (Lipinski definition) is 1. The third-order valence-corrected chi connectivity index (χ3v) is 3.04. The van der Waals surface area contributed by atoms with Crippen molar-refractivity contribution in [3.63, 3.8) is 0 Å². The van der Waals surface area contributed by atoms with Gasteiger partial charge in [-0.2, -0.15) is 0 Å². The molecule has 3 aromatic heterocycles. The van der Waals surface area contributed by atoms with Gasteiger partial charge in [0.2, 0.25) is 0 Å². The lowest BCUT2D eigenvalue weighted by atomic mass is 10.3. The van der Waals surface area contributed by atoms with E-state index in [9.17, 15) is 9.59 Å². The van der Waals surface area contributed by atoms with Gasteiger partial charge < -0.3 is 9.40 Å². The fraction of sp³-hybridized carbons (Fsp3) is 0.167. The van der Waals surface area contributed by atoms with Crippen molar-refractivity contribution in [3.05, 3.63) is 45.3 Å². The van der Waals surface area contributed by atoms with Crippen molar-refractivity contribution in [1.82, 2.24) is 14.1 Å². The molecule has 18 heavy (non-hydrogen) atoms. The maximum Gasteiger partial charge on any atom is 0.331 e. The Balaban J connectivity index is 2.44. The van der Waals surface area contributed by atoms with Crippen LogP contribution in [0.4, 0.5) is 0 Å². The Morgan fingerprint density at radius 1 is 1.22 bits per heavy atom. The quantitative estimate of drug-likeness (QED) is 0.690. The molecule has 1 N–H and O–H groups in total. The van der Waals surface area contributed by atoms with Gasteiger partial charge in [-0.1, -0.05) is 0 Å². The second-order valence-electron chi connectivity index (χ2n) is 4.13. The lowest BCUT2D eigenvalue weighted by Crippen LogP contribution is -2.36. The summed E-state index contributed by atoms with van der Waals surface area (Å²) in [5.41, 5.74) is 0.942. The van der Waals surface area contributed by atoms with Crippen LogP contribution in [0.3, 0.4) is 0 Å². The molecule has 0 unspecified atom stereocenters. The first-order chi connectivity index (χ1) is 8.59. The highest BCUT2D eigenvalue weighted by Crippen LogP contribution is 2.21. The summed E-state index contributed by atoms with van der Waals surface area (Å²) in [5.74, 6) is 0.626. The Morgan fingerprint density at radius 3 is 2.67 bits per heavy atom. The average Bonchev–Trinajstić information content (AvgIpc) is 3.01. The molecule has 3 rings (SSSR count). The standard InChI is InChI=1S/C12H11N3O3/c1-14-8-6-7(9-4-3-5-18-9)13-10(8)11(16)15(2)12(14)17/h3-6,13H,1-2H3. The van der Waals surface area contributed by atoms with Crippen LogP contribution in [0.1, 0.15) is 0 Å². The molecule has 3 heterocycles. The zero-order valence-electron chi connectivity index (χ0n) is 9.93. The number of H-pyrrole nitrogens is 1. The fourth-order valence-corrected chi connectivity index (χ4v) is 2.02. The molecule has 0 aliphatic rings. The second kappa shape index (κ2) is 3.49. The number of nitrogens with zero attached hydrogens (tertiary/aromatic N) is 2. The zero-order chi connectivity index (χ0) is 12.9. The maximum atomic E-state index is 12.0. The van der Waals surface area contributed by atoms with E-state index in [1.165, 1.54) is 11.6 Å². The van der Waals surface area contributed by atoms with Crippen LogP contribution in [-0.2, 0) is 14.1 Å². The van der Waals surface area contributed by atoms with E-state index < -0.39 is 0 Å². The van der Waals surface area contributed by atoms with Crippen molar-refractivity contribution in [1.29, 1.82) is 0 Å². The molecule has 0 saturated heterocycles. The molecule has 6 heteroatoms. The van der Waals surface area contributed by atoms with E-state index in [-0.39, 0.29) is 11.2 Å². The van der Waals surface area contributed by atoms with Crippen LogP contribution in [-0.4, -0.2) is 14.1 Å². The summed E-state index contributed by atoms with van der Waals surface area (Å²) in [7, 11) is 3.08. The van der Waals surface area contributed by atoms with Gasteiger partial charge in [-0.15, -0.1) is 0 Å². The summed E-state index contributed by atoms with van der Waals surface area (Å²) >= 11 is 0. The third-order valence-electron chi connectivity index (χ3n) is 3.04. The molecular weight excluding hydrogens is 234 g/mol. The summed E-state index contributed by atoms with van der Waals surface area (Å²) in [6.07, 6.45) is 1.55. The number of furan rings is 1. The molecule has 0 spiro atoms. The van der Waals surface area contributed by atoms with Crippen LogP contribution in [0, 0.1) is 0 Å². The Hall–Kier alpha value is -2.50. The number of aryl methyl sites for hydroxylation is 1. The Bertz CT molecular complexity index is 834. The van der Waals surface area contributed by atoms with Gasteiger partial charge in [0.1, 0.15) is 11.3 Å². The van der Waals surface area contributed by atoms with Gasteiger partial charge in [-0.25, -0.2) is 4.79 Å². The normalized spacial score (nSPS) is 11.2. The molecule has 3 aromatic rings. The number of nitrogens with one attached hydrogen (secondary N) is 1. The first-order valence-electron chi connectivity index (χ1n) is 5.42. The van der Waals surface area contributed by atoms with Gasteiger partial charge in [-0.05, 0) is 18.2 Å². The Morgan fingerprint density at radius 2 is 2.00 bits per heavy atom. The fourth-order valence-electron chi connectivity index (χ4n) is 2.02.